The molecule has 1 N–H and O–H groups in total. The quantitative estimate of drug-likeness (QED) is 0.748. The molecule has 64 valence electrons. The van der Waals surface area contributed by atoms with Gasteiger partial charge < -0.3 is 5.32 Å². The van der Waals surface area contributed by atoms with Gasteiger partial charge in [-0.1, -0.05) is 23.7 Å². The fourth-order valence-corrected chi connectivity index (χ4v) is 1.12. The number of halogens is 1. The van der Waals surface area contributed by atoms with E-state index in [1.165, 1.54) is 0 Å². The first-order chi connectivity index (χ1) is 5.75. The maximum atomic E-state index is 11.3. The minimum Gasteiger partial charge on any atom is -0.352 e. The fourth-order valence-electron chi connectivity index (χ4n) is 0.901. The van der Waals surface area contributed by atoms with E-state index < -0.39 is 0 Å². The molecule has 2 nitrogen and oxygen atoms in total. The average Bonchev–Trinajstić information content (AvgIpc) is 2.05. The molecule has 0 saturated carbocycles. The third kappa shape index (κ3) is 1.98. The van der Waals surface area contributed by atoms with Crippen molar-refractivity contribution in [2.75, 3.05) is 6.54 Å². The van der Waals surface area contributed by atoms with Gasteiger partial charge in [0.25, 0.3) is 5.91 Å². The molecule has 0 spiro atoms. The van der Waals surface area contributed by atoms with Crippen molar-refractivity contribution < 1.29 is 4.79 Å². The van der Waals surface area contributed by atoms with Crippen LogP contribution >= 0.6 is 11.6 Å². The van der Waals surface area contributed by atoms with Gasteiger partial charge in [-0.2, -0.15) is 0 Å². The Bertz CT molecular complexity index is 286. The van der Waals surface area contributed by atoms with Crippen molar-refractivity contribution >= 4 is 17.5 Å². The Morgan fingerprint density at radius 3 is 2.75 bits per heavy atom. The predicted molar refractivity (Wildman–Crippen MR) is 49.5 cm³/mol. The summed E-state index contributed by atoms with van der Waals surface area (Å²) < 4.78 is 0. The van der Waals surface area contributed by atoms with Crippen LogP contribution in [0.1, 0.15) is 17.3 Å². The van der Waals surface area contributed by atoms with Crippen molar-refractivity contribution in [3.63, 3.8) is 0 Å². The molecule has 1 aromatic carbocycles. The van der Waals surface area contributed by atoms with Gasteiger partial charge in [0.1, 0.15) is 0 Å². The maximum absolute atomic E-state index is 11.3. The summed E-state index contributed by atoms with van der Waals surface area (Å²) in [5, 5.41) is 3.17. The smallest absolute Gasteiger partial charge is 0.252 e. The number of nitrogens with one attached hydrogen (secondary N) is 1. The van der Waals surface area contributed by atoms with E-state index in [0.29, 0.717) is 17.1 Å². The molecule has 12 heavy (non-hydrogen) atoms. The molecule has 0 fully saturated rings. The normalized spacial score (nSPS) is 9.50. The van der Waals surface area contributed by atoms with Crippen molar-refractivity contribution in [2.24, 2.45) is 0 Å². The Balaban J connectivity index is 2.87. The van der Waals surface area contributed by atoms with E-state index in [0.717, 1.165) is 0 Å². The number of hydrogen-bond donors (Lipinski definition) is 1. The molecular formula is C9H10ClNO. The molecular weight excluding hydrogens is 174 g/mol. The van der Waals surface area contributed by atoms with Crippen LogP contribution in [0.3, 0.4) is 0 Å². The van der Waals surface area contributed by atoms with Crippen LogP contribution in [0.4, 0.5) is 0 Å². The highest BCUT2D eigenvalue weighted by Gasteiger charge is 2.06. The van der Waals surface area contributed by atoms with Crippen LogP contribution in [0.2, 0.25) is 5.02 Å². The molecule has 0 aromatic heterocycles. The number of rotatable bonds is 2. The van der Waals surface area contributed by atoms with Crippen molar-refractivity contribution in [1.29, 1.82) is 0 Å². The summed E-state index contributed by atoms with van der Waals surface area (Å²) in [5.41, 5.74) is 0.529. The van der Waals surface area contributed by atoms with E-state index in [2.05, 4.69) is 5.32 Å². The Labute approximate surface area is 76.5 Å². The molecule has 0 saturated heterocycles. The molecule has 1 rings (SSSR count). The largest absolute Gasteiger partial charge is 0.352 e. The van der Waals surface area contributed by atoms with Gasteiger partial charge in [-0.15, -0.1) is 0 Å². The van der Waals surface area contributed by atoms with Crippen LogP contribution in [0.15, 0.2) is 24.3 Å². The molecule has 0 bridgehead atoms. The highest BCUT2D eigenvalue weighted by Crippen LogP contribution is 2.14. The highest BCUT2D eigenvalue weighted by atomic mass is 35.5. The summed E-state index contributed by atoms with van der Waals surface area (Å²) in [4.78, 5) is 11.3. The number of benzene rings is 1. The third-order valence-electron chi connectivity index (χ3n) is 1.46. The Kier molecular flexibility index (Phi) is 3.11. The second-order valence-corrected chi connectivity index (χ2v) is 2.75. The Hall–Kier alpha value is -1.02. The van der Waals surface area contributed by atoms with Gasteiger partial charge in [0.2, 0.25) is 0 Å². The van der Waals surface area contributed by atoms with E-state index in [1.54, 1.807) is 24.3 Å². The third-order valence-corrected chi connectivity index (χ3v) is 1.79. The first kappa shape index (κ1) is 9.07. The first-order valence-electron chi connectivity index (χ1n) is 3.78. The number of hydrogen-bond acceptors (Lipinski definition) is 1. The summed E-state index contributed by atoms with van der Waals surface area (Å²) in [6, 6.07) is 6.99. The summed E-state index contributed by atoms with van der Waals surface area (Å²) >= 11 is 5.79. The van der Waals surface area contributed by atoms with Gasteiger partial charge in [0.15, 0.2) is 0 Å². The standard InChI is InChI=1S/C9H10ClNO/c1-2-11-9(12)7-5-3-4-6-8(7)10/h3-6H,2H2,1H3,(H,11,12). The Morgan fingerprint density at radius 1 is 1.50 bits per heavy atom. The number of amides is 1. The minimum atomic E-state index is -0.122. The van der Waals surface area contributed by atoms with E-state index in [4.69, 9.17) is 11.6 Å². The molecule has 1 amide bonds. The summed E-state index contributed by atoms with van der Waals surface area (Å²) in [5.74, 6) is -0.122. The Morgan fingerprint density at radius 2 is 2.17 bits per heavy atom. The summed E-state index contributed by atoms with van der Waals surface area (Å²) in [6.45, 7) is 2.48. The molecule has 0 heterocycles. The van der Waals surface area contributed by atoms with Gasteiger partial charge in [-0.25, -0.2) is 0 Å². The van der Waals surface area contributed by atoms with E-state index in [1.807, 2.05) is 6.92 Å². The monoisotopic (exact) mass is 183 g/mol. The zero-order valence-electron chi connectivity index (χ0n) is 6.80. The number of carbonyl (C=O) groups excluding carboxylic acids is 1. The molecule has 0 unspecified atom stereocenters. The molecule has 3 heteroatoms. The number of carbonyl (C=O) groups is 1. The van der Waals surface area contributed by atoms with Crippen LogP contribution in [0, 0.1) is 0 Å². The average molecular weight is 184 g/mol. The fraction of sp³-hybridized carbons (Fsp3) is 0.222. The zero-order valence-corrected chi connectivity index (χ0v) is 7.56. The zero-order chi connectivity index (χ0) is 8.97. The first-order valence-corrected chi connectivity index (χ1v) is 4.16. The van der Waals surface area contributed by atoms with Gasteiger partial charge in [-0.3, -0.25) is 4.79 Å². The summed E-state index contributed by atoms with van der Waals surface area (Å²) in [6.07, 6.45) is 0. The lowest BCUT2D eigenvalue weighted by molar-refractivity contribution is 0.0956. The molecule has 0 atom stereocenters. The van der Waals surface area contributed by atoms with Gasteiger partial charge in [0.05, 0.1) is 10.6 Å². The lowest BCUT2D eigenvalue weighted by Crippen LogP contribution is -2.22. The van der Waals surface area contributed by atoms with Crippen LogP contribution < -0.4 is 5.32 Å². The van der Waals surface area contributed by atoms with Gasteiger partial charge in [0, 0.05) is 6.54 Å². The topological polar surface area (TPSA) is 29.1 Å². The lowest BCUT2D eigenvalue weighted by Gasteiger charge is -2.02. The van der Waals surface area contributed by atoms with E-state index in [-0.39, 0.29) is 5.91 Å². The van der Waals surface area contributed by atoms with E-state index in [9.17, 15) is 4.79 Å². The van der Waals surface area contributed by atoms with Crippen LogP contribution in [0.25, 0.3) is 0 Å². The molecule has 0 aliphatic heterocycles. The molecule has 1 aromatic rings. The SMILES string of the molecule is CCNC(=O)c1ccccc1Cl. The highest BCUT2D eigenvalue weighted by molar-refractivity contribution is 6.33. The van der Waals surface area contributed by atoms with Crippen LogP contribution in [0.5, 0.6) is 0 Å². The minimum absolute atomic E-state index is 0.122. The van der Waals surface area contributed by atoms with Crippen molar-refractivity contribution in [3.05, 3.63) is 34.9 Å². The second kappa shape index (κ2) is 4.12. The lowest BCUT2D eigenvalue weighted by atomic mass is 10.2. The van der Waals surface area contributed by atoms with E-state index >= 15 is 0 Å². The summed E-state index contributed by atoms with van der Waals surface area (Å²) in [7, 11) is 0. The maximum Gasteiger partial charge on any atom is 0.252 e. The van der Waals surface area contributed by atoms with Crippen LogP contribution in [-0.2, 0) is 0 Å². The molecule has 0 aliphatic carbocycles. The van der Waals surface area contributed by atoms with Gasteiger partial charge in [-0.05, 0) is 19.1 Å². The van der Waals surface area contributed by atoms with Crippen LogP contribution in [-0.4, -0.2) is 12.5 Å². The van der Waals surface area contributed by atoms with Crippen molar-refractivity contribution in [2.45, 2.75) is 6.92 Å². The van der Waals surface area contributed by atoms with Crippen molar-refractivity contribution in [1.82, 2.24) is 5.32 Å². The molecule has 0 aliphatic rings. The van der Waals surface area contributed by atoms with Gasteiger partial charge >= 0.3 is 0 Å². The second-order valence-electron chi connectivity index (χ2n) is 2.34. The predicted octanol–water partition coefficient (Wildman–Crippen LogP) is 2.09. The molecule has 0 radical (unpaired) electrons. The van der Waals surface area contributed by atoms with Crippen molar-refractivity contribution in [3.8, 4) is 0 Å².